The van der Waals surface area contributed by atoms with Gasteiger partial charge in [0.15, 0.2) is 0 Å². The Labute approximate surface area is 341 Å². The third kappa shape index (κ3) is 3.80. The second kappa shape index (κ2) is 11.1. The molecule has 14 rings (SSSR count). The molecule has 0 fully saturated rings. The third-order valence-electron chi connectivity index (χ3n) is 12.7. The molecule has 3 aromatic heterocycles. The van der Waals surface area contributed by atoms with Gasteiger partial charge in [-0.3, -0.25) is 0 Å². The standard InChI is InChI=1S/C51H27BN4S2/c53-28-29-25-41-47-42(26-29)56-39-19-8-15-33-32-13-4-6-17-37(32)54(48(33)39)40-20-9-16-36(50(40)56)52(47)51-49(35-27-31(23-24-44(35)58-51)30-11-2-1-3-12-30)55(41)38-18-10-22-45-46(38)34-14-5-7-21-43(34)57-45/h1-27H. The number of para-hydroxylation sites is 3. The average Bonchev–Trinajstić information content (AvgIpc) is 3.96. The van der Waals surface area contributed by atoms with Crippen LogP contribution in [0, 0.1) is 11.3 Å². The van der Waals surface area contributed by atoms with Gasteiger partial charge in [-0.25, -0.2) is 0 Å². The van der Waals surface area contributed by atoms with E-state index in [4.69, 9.17) is 0 Å². The third-order valence-corrected chi connectivity index (χ3v) is 15.0. The summed E-state index contributed by atoms with van der Waals surface area (Å²) in [6.45, 7) is -0.0474. The summed E-state index contributed by atoms with van der Waals surface area (Å²) >= 11 is 3.76. The van der Waals surface area contributed by atoms with Crippen molar-refractivity contribution < 1.29 is 0 Å². The Bertz CT molecular complexity index is 3680. The fourth-order valence-corrected chi connectivity index (χ4v) is 12.9. The van der Waals surface area contributed by atoms with Crippen molar-refractivity contribution in [2.75, 3.05) is 9.80 Å². The molecule has 4 nitrogen and oxygen atoms in total. The Balaban J connectivity index is 1.16. The maximum absolute atomic E-state index is 10.9. The van der Waals surface area contributed by atoms with E-state index in [2.05, 4.69) is 184 Å². The smallest absolute Gasteiger partial charge is 0.264 e. The number of anilines is 6. The number of fused-ring (bicyclic) bond motifs is 14. The Morgan fingerprint density at radius 3 is 2.05 bits per heavy atom. The highest BCUT2D eigenvalue weighted by molar-refractivity contribution is 7.33. The largest absolute Gasteiger partial charge is 0.309 e. The number of nitriles is 1. The first-order valence-corrected chi connectivity index (χ1v) is 21.2. The van der Waals surface area contributed by atoms with Gasteiger partial charge >= 0.3 is 0 Å². The van der Waals surface area contributed by atoms with E-state index in [0.717, 1.165) is 22.7 Å². The number of nitrogens with zero attached hydrogens (tertiary/aromatic N) is 4. The van der Waals surface area contributed by atoms with Crippen LogP contribution in [0.4, 0.5) is 34.1 Å². The predicted octanol–water partition coefficient (Wildman–Crippen LogP) is 12.3. The maximum atomic E-state index is 10.9. The van der Waals surface area contributed by atoms with E-state index in [0.29, 0.717) is 5.56 Å². The van der Waals surface area contributed by atoms with Gasteiger partial charge in [0.05, 0.1) is 51.1 Å². The fourth-order valence-electron chi connectivity index (χ4n) is 10.4. The van der Waals surface area contributed by atoms with Gasteiger partial charge in [0.25, 0.3) is 6.71 Å². The molecule has 8 aromatic carbocycles. The van der Waals surface area contributed by atoms with Crippen LogP contribution in [-0.4, -0.2) is 11.3 Å². The van der Waals surface area contributed by atoms with Crippen LogP contribution in [-0.2, 0) is 0 Å². The van der Waals surface area contributed by atoms with E-state index < -0.39 is 0 Å². The zero-order valence-electron chi connectivity index (χ0n) is 30.8. The van der Waals surface area contributed by atoms with Crippen LogP contribution in [0.15, 0.2) is 164 Å². The molecule has 0 bridgehead atoms. The number of benzene rings is 8. The van der Waals surface area contributed by atoms with Gasteiger partial charge in [-0.05, 0) is 82.7 Å². The molecule has 0 saturated carbocycles. The normalized spacial score (nSPS) is 13.4. The van der Waals surface area contributed by atoms with E-state index in [1.807, 2.05) is 22.7 Å². The van der Waals surface area contributed by atoms with Gasteiger partial charge in [-0.1, -0.05) is 103 Å². The first kappa shape index (κ1) is 31.0. The molecule has 0 radical (unpaired) electrons. The minimum absolute atomic E-state index is 0.0474. The number of rotatable bonds is 2. The Kier molecular flexibility index (Phi) is 5.91. The summed E-state index contributed by atoms with van der Waals surface area (Å²) in [6, 6.07) is 62.5. The van der Waals surface area contributed by atoms with Gasteiger partial charge in [0.2, 0.25) is 0 Å². The molecule has 6 heterocycles. The molecule has 0 unspecified atom stereocenters. The van der Waals surface area contributed by atoms with Crippen LogP contribution in [0.5, 0.6) is 0 Å². The molecule has 0 spiro atoms. The van der Waals surface area contributed by atoms with Crippen LogP contribution in [0.2, 0.25) is 0 Å². The topological polar surface area (TPSA) is 35.2 Å². The second-order valence-electron chi connectivity index (χ2n) is 15.5. The number of hydrogen-bond donors (Lipinski definition) is 0. The minimum Gasteiger partial charge on any atom is -0.309 e. The molecule has 0 N–H and O–H groups in total. The molecule has 0 aliphatic carbocycles. The highest BCUT2D eigenvalue weighted by atomic mass is 32.1. The zero-order valence-corrected chi connectivity index (χ0v) is 32.4. The lowest BCUT2D eigenvalue weighted by atomic mass is 9.36. The van der Waals surface area contributed by atoms with Crippen molar-refractivity contribution in [3.63, 3.8) is 0 Å². The maximum Gasteiger partial charge on any atom is 0.264 e. The summed E-state index contributed by atoms with van der Waals surface area (Å²) in [4.78, 5) is 5.00. The summed E-state index contributed by atoms with van der Waals surface area (Å²) < 4.78 is 7.58. The van der Waals surface area contributed by atoms with Crippen molar-refractivity contribution in [3.05, 3.63) is 169 Å². The minimum atomic E-state index is -0.0474. The molecule has 266 valence electrons. The Morgan fingerprint density at radius 1 is 0.483 bits per heavy atom. The van der Waals surface area contributed by atoms with Crippen LogP contribution >= 0.6 is 22.7 Å². The zero-order chi connectivity index (χ0) is 37.8. The first-order chi connectivity index (χ1) is 28.7. The molecule has 0 atom stereocenters. The fraction of sp³-hybridized carbons (Fsp3) is 0. The second-order valence-corrected chi connectivity index (χ2v) is 17.7. The van der Waals surface area contributed by atoms with E-state index >= 15 is 0 Å². The molecular formula is C51H27BN4S2. The SMILES string of the molecule is N#Cc1cc2c3c(c1)N1c4c(cccc4-n4c5ccccc5c5cccc1c54)B3c1sc3ccc(-c4ccccc4)cc3c1N2c1cccc2sc3ccccc3c12. The monoisotopic (exact) mass is 770 g/mol. The van der Waals surface area contributed by atoms with Crippen LogP contribution in [0.3, 0.4) is 0 Å². The highest BCUT2D eigenvalue weighted by Gasteiger charge is 2.48. The summed E-state index contributed by atoms with van der Waals surface area (Å²) in [7, 11) is 0. The van der Waals surface area contributed by atoms with E-state index in [1.54, 1.807) is 0 Å². The molecule has 7 heteroatoms. The molecule has 58 heavy (non-hydrogen) atoms. The lowest BCUT2D eigenvalue weighted by Crippen LogP contribution is -2.61. The number of aromatic nitrogens is 1. The van der Waals surface area contributed by atoms with Crippen molar-refractivity contribution in [1.29, 1.82) is 5.26 Å². The number of hydrogen-bond acceptors (Lipinski definition) is 5. The average molecular weight is 771 g/mol. The van der Waals surface area contributed by atoms with E-state index in [-0.39, 0.29) is 6.71 Å². The van der Waals surface area contributed by atoms with Gasteiger partial charge in [0.1, 0.15) is 0 Å². The molecule has 0 saturated heterocycles. The van der Waals surface area contributed by atoms with E-state index in [1.165, 1.54) is 96.0 Å². The van der Waals surface area contributed by atoms with Gasteiger partial charge < -0.3 is 14.4 Å². The predicted molar refractivity (Wildman–Crippen MR) is 247 cm³/mol. The lowest BCUT2D eigenvalue weighted by Gasteiger charge is -2.45. The molecule has 11 aromatic rings. The molecular weight excluding hydrogens is 744 g/mol. The van der Waals surface area contributed by atoms with Crippen molar-refractivity contribution >= 4 is 131 Å². The summed E-state index contributed by atoms with van der Waals surface area (Å²) in [5.41, 5.74) is 15.9. The van der Waals surface area contributed by atoms with Gasteiger partial charge in [0, 0.05) is 57.2 Å². The van der Waals surface area contributed by atoms with Crippen molar-refractivity contribution in [2.24, 2.45) is 0 Å². The summed E-state index contributed by atoms with van der Waals surface area (Å²) in [5, 5.41) is 17.1. The van der Waals surface area contributed by atoms with Gasteiger partial charge in [-0.15, -0.1) is 22.7 Å². The highest BCUT2D eigenvalue weighted by Crippen LogP contribution is 2.55. The van der Waals surface area contributed by atoms with Crippen molar-refractivity contribution in [3.8, 4) is 22.9 Å². The summed E-state index contributed by atoms with van der Waals surface area (Å²) in [5.74, 6) is 0. The Hall–Kier alpha value is -7.11. The summed E-state index contributed by atoms with van der Waals surface area (Å²) in [6.07, 6.45) is 0. The Morgan fingerprint density at radius 2 is 1.17 bits per heavy atom. The van der Waals surface area contributed by atoms with Crippen LogP contribution < -0.4 is 25.5 Å². The molecule has 3 aliphatic heterocycles. The first-order valence-electron chi connectivity index (χ1n) is 19.6. The molecule has 0 amide bonds. The molecule has 3 aliphatic rings. The van der Waals surface area contributed by atoms with Crippen molar-refractivity contribution in [1.82, 2.24) is 4.57 Å². The lowest BCUT2D eigenvalue weighted by molar-refractivity contribution is 1.11. The van der Waals surface area contributed by atoms with Gasteiger partial charge in [-0.2, -0.15) is 5.26 Å². The van der Waals surface area contributed by atoms with Crippen LogP contribution in [0.1, 0.15) is 5.56 Å². The van der Waals surface area contributed by atoms with Crippen molar-refractivity contribution in [2.45, 2.75) is 0 Å². The van der Waals surface area contributed by atoms with Crippen LogP contribution in [0.25, 0.3) is 68.9 Å². The quantitative estimate of drug-likeness (QED) is 0.164. The number of thiophene rings is 2. The van der Waals surface area contributed by atoms with E-state index in [9.17, 15) is 5.26 Å².